The number of benzene rings is 7. The number of nitrogens with zero attached hydrogens (tertiary/aromatic N) is 1. The van der Waals surface area contributed by atoms with E-state index in [1.54, 1.807) is 0 Å². The van der Waals surface area contributed by atoms with Gasteiger partial charge in [-0.2, -0.15) is 0 Å². The lowest BCUT2D eigenvalue weighted by atomic mass is 9.80. The zero-order chi connectivity index (χ0) is 30.1. The number of rotatable bonds is 4. The maximum atomic E-state index is 6.67. The first-order valence-electron chi connectivity index (χ1n) is 15.6. The van der Waals surface area contributed by atoms with E-state index in [9.17, 15) is 0 Å². The number of hydrogen-bond donors (Lipinski definition) is 0. The second-order valence-electron chi connectivity index (χ2n) is 12.6. The maximum Gasteiger partial charge on any atom is 0.137 e. The minimum atomic E-state index is -0.115. The molecule has 1 aliphatic rings. The quantitative estimate of drug-likeness (QED) is 0.207. The number of anilines is 3. The van der Waals surface area contributed by atoms with Crippen molar-refractivity contribution in [1.29, 1.82) is 0 Å². The summed E-state index contributed by atoms with van der Waals surface area (Å²) in [5.74, 6) is 0. The normalized spacial score (nSPS) is 13.3. The van der Waals surface area contributed by atoms with Crippen LogP contribution in [0.3, 0.4) is 0 Å². The predicted molar refractivity (Wildman–Crippen MR) is 189 cm³/mol. The van der Waals surface area contributed by atoms with Gasteiger partial charge in [-0.15, -0.1) is 0 Å². The van der Waals surface area contributed by atoms with Gasteiger partial charge in [0.25, 0.3) is 0 Å². The van der Waals surface area contributed by atoms with Crippen LogP contribution in [0.25, 0.3) is 55.0 Å². The van der Waals surface area contributed by atoms with Gasteiger partial charge in [-0.1, -0.05) is 123 Å². The SMILES string of the molecule is CC1(C)c2ccccc2-c2ccc3oc4cc(N(c5ccc(-c6ccccc6)cc5)c5cccc6ccccc56)ccc4c3c21. The summed E-state index contributed by atoms with van der Waals surface area (Å²) in [5.41, 5.74) is 12.8. The minimum absolute atomic E-state index is 0.115. The van der Waals surface area contributed by atoms with Crippen LogP contribution in [0.15, 0.2) is 156 Å². The molecule has 1 aliphatic carbocycles. The molecule has 0 N–H and O–H groups in total. The Morgan fingerprint density at radius 1 is 0.511 bits per heavy atom. The molecule has 0 atom stereocenters. The average Bonchev–Trinajstić information content (AvgIpc) is 3.57. The van der Waals surface area contributed by atoms with Gasteiger partial charge in [-0.3, -0.25) is 0 Å². The van der Waals surface area contributed by atoms with E-state index in [0.29, 0.717) is 0 Å². The highest BCUT2D eigenvalue weighted by Crippen LogP contribution is 2.53. The second-order valence-corrected chi connectivity index (χ2v) is 12.6. The van der Waals surface area contributed by atoms with Gasteiger partial charge < -0.3 is 9.32 Å². The van der Waals surface area contributed by atoms with Crippen molar-refractivity contribution in [2.75, 3.05) is 4.90 Å². The Balaban J connectivity index is 1.24. The summed E-state index contributed by atoms with van der Waals surface area (Å²) in [7, 11) is 0. The number of fused-ring (bicyclic) bond motifs is 8. The molecule has 45 heavy (non-hydrogen) atoms. The third-order valence-electron chi connectivity index (χ3n) is 9.64. The maximum absolute atomic E-state index is 6.67. The Bertz CT molecular complexity index is 2390. The van der Waals surface area contributed by atoms with E-state index in [4.69, 9.17) is 4.42 Å². The second kappa shape index (κ2) is 9.70. The minimum Gasteiger partial charge on any atom is -0.456 e. The van der Waals surface area contributed by atoms with Gasteiger partial charge in [-0.05, 0) is 75.2 Å². The largest absolute Gasteiger partial charge is 0.456 e. The van der Waals surface area contributed by atoms with Crippen LogP contribution in [-0.2, 0) is 5.41 Å². The van der Waals surface area contributed by atoms with Gasteiger partial charge in [0.05, 0.1) is 5.69 Å². The highest BCUT2D eigenvalue weighted by atomic mass is 16.3. The molecule has 1 heterocycles. The van der Waals surface area contributed by atoms with Crippen molar-refractivity contribution >= 4 is 49.8 Å². The van der Waals surface area contributed by atoms with Crippen molar-refractivity contribution in [2.24, 2.45) is 0 Å². The molecule has 0 saturated heterocycles. The summed E-state index contributed by atoms with van der Waals surface area (Å²) in [6, 6.07) is 54.5. The summed E-state index contributed by atoms with van der Waals surface area (Å²) < 4.78 is 6.67. The van der Waals surface area contributed by atoms with E-state index in [-0.39, 0.29) is 5.41 Å². The Morgan fingerprint density at radius 3 is 2.09 bits per heavy atom. The average molecular weight is 578 g/mol. The lowest BCUT2D eigenvalue weighted by Crippen LogP contribution is -2.15. The Labute approximate surface area is 262 Å². The molecule has 8 aromatic rings. The lowest BCUT2D eigenvalue weighted by Gasteiger charge is -2.27. The van der Waals surface area contributed by atoms with Gasteiger partial charge in [0.2, 0.25) is 0 Å². The number of furan rings is 1. The Morgan fingerprint density at radius 2 is 1.22 bits per heavy atom. The molecule has 0 fully saturated rings. The van der Waals surface area contributed by atoms with Crippen LogP contribution in [0.5, 0.6) is 0 Å². The fraction of sp³-hybridized carbons (Fsp3) is 0.0698. The fourth-order valence-corrected chi connectivity index (χ4v) is 7.53. The first-order valence-corrected chi connectivity index (χ1v) is 15.6. The molecule has 0 spiro atoms. The Kier molecular flexibility index (Phi) is 5.58. The molecule has 0 saturated carbocycles. The van der Waals surface area contributed by atoms with Crippen molar-refractivity contribution in [2.45, 2.75) is 19.3 Å². The van der Waals surface area contributed by atoms with Crippen molar-refractivity contribution in [1.82, 2.24) is 0 Å². The predicted octanol–water partition coefficient (Wildman–Crippen LogP) is 12.2. The molecule has 0 bridgehead atoms. The Hall–Kier alpha value is -5.60. The van der Waals surface area contributed by atoms with Crippen LogP contribution in [-0.4, -0.2) is 0 Å². The highest BCUT2D eigenvalue weighted by molar-refractivity contribution is 6.12. The zero-order valence-corrected chi connectivity index (χ0v) is 25.3. The molecule has 0 aliphatic heterocycles. The third kappa shape index (κ3) is 3.89. The summed E-state index contributed by atoms with van der Waals surface area (Å²) in [6.07, 6.45) is 0. The molecule has 1 aromatic heterocycles. The fourth-order valence-electron chi connectivity index (χ4n) is 7.53. The standard InChI is InChI=1S/C43H31NO/c1-43(2)37-17-9-8-16-34(37)35-25-26-39-41(42(35)43)36-24-23-32(27-40(36)45-39)44(38-18-10-14-30-13-6-7-15-33(30)38)31-21-19-29(20-22-31)28-11-4-3-5-12-28/h3-27H,1-2H3. The van der Waals surface area contributed by atoms with Crippen molar-refractivity contribution in [3.8, 4) is 22.3 Å². The van der Waals surface area contributed by atoms with Crippen LogP contribution in [0.1, 0.15) is 25.0 Å². The number of hydrogen-bond acceptors (Lipinski definition) is 2. The van der Waals surface area contributed by atoms with E-state index < -0.39 is 0 Å². The van der Waals surface area contributed by atoms with E-state index in [0.717, 1.165) is 33.6 Å². The van der Waals surface area contributed by atoms with Gasteiger partial charge in [0, 0.05) is 39.0 Å². The molecule has 0 unspecified atom stereocenters. The molecular weight excluding hydrogens is 546 g/mol. The summed E-state index contributed by atoms with van der Waals surface area (Å²) >= 11 is 0. The highest BCUT2D eigenvalue weighted by Gasteiger charge is 2.37. The van der Waals surface area contributed by atoms with Crippen molar-refractivity contribution in [3.05, 3.63) is 163 Å². The topological polar surface area (TPSA) is 16.4 Å². The molecule has 0 amide bonds. The third-order valence-corrected chi connectivity index (χ3v) is 9.64. The van der Waals surface area contributed by atoms with Crippen molar-refractivity contribution in [3.63, 3.8) is 0 Å². The first kappa shape index (κ1) is 25.9. The van der Waals surface area contributed by atoms with E-state index in [1.807, 2.05) is 0 Å². The smallest absolute Gasteiger partial charge is 0.137 e. The summed E-state index contributed by atoms with van der Waals surface area (Å²) in [6.45, 7) is 4.68. The van der Waals surface area contributed by atoms with Crippen molar-refractivity contribution < 1.29 is 4.42 Å². The van der Waals surface area contributed by atoms with Crippen LogP contribution in [0, 0.1) is 0 Å². The van der Waals surface area contributed by atoms with E-state index in [1.165, 1.54) is 49.5 Å². The molecule has 7 aromatic carbocycles. The molecular formula is C43H31NO. The van der Waals surface area contributed by atoms with Crippen LogP contribution < -0.4 is 4.90 Å². The lowest BCUT2D eigenvalue weighted by molar-refractivity contribution is 0.657. The van der Waals surface area contributed by atoms with Gasteiger partial charge in [0.15, 0.2) is 0 Å². The van der Waals surface area contributed by atoms with Crippen LogP contribution in [0.2, 0.25) is 0 Å². The van der Waals surface area contributed by atoms with Gasteiger partial charge in [-0.25, -0.2) is 0 Å². The molecule has 9 rings (SSSR count). The van der Waals surface area contributed by atoms with E-state index in [2.05, 4.69) is 170 Å². The van der Waals surface area contributed by atoms with Crippen LogP contribution in [0.4, 0.5) is 17.1 Å². The summed E-state index contributed by atoms with van der Waals surface area (Å²) in [4.78, 5) is 2.36. The molecule has 214 valence electrons. The van der Waals surface area contributed by atoms with E-state index >= 15 is 0 Å². The molecule has 0 radical (unpaired) electrons. The molecule has 2 heteroatoms. The van der Waals surface area contributed by atoms with Gasteiger partial charge in [0.1, 0.15) is 11.2 Å². The molecule has 2 nitrogen and oxygen atoms in total. The zero-order valence-electron chi connectivity index (χ0n) is 25.3. The first-order chi connectivity index (χ1) is 22.1. The van der Waals surface area contributed by atoms with Gasteiger partial charge >= 0.3 is 0 Å². The van der Waals surface area contributed by atoms with Crippen LogP contribution >= 0.6 is 0 Å². The monoisotopic (exact) mass is 577 g/mol. The summed E-state index contributed by atoms with van der Waals surface area (Å²) in [5, 5.41) is 4.79.